The van der Waals surface area contributed by atoms with Crippen molar-refractivity contribution in [2.75, 3.05) is 0 Å². The Morgan fingerprint density at radius 3 is 2.24 bits per heavy atom. The number of nitrogens with zero attached hydrogens (tertiary/aromatic N) is 1. The Hall–Kier alpha value is -1.84. The first-order chi connectivity index (χ1) is 8.16. The zero-order valence-electron chi connectivity index (χ0n) is 9.64. The van der Waals surface area contributed by atoms with Crippen LogP contribution < -0.4 is 5.32 Å². The summed E-state index contributed by atoms with van der Waals surface area (Å²) in [4.78, 5) is 25.0. The number of nitrogens with one attached hydrogen (secondary N) is 1. The van der Waals surface area contributed by atoms with Gasteiger partial charge in [-0.1, -0.05) is 24.3 Å². The Bertz CT molecular complexity index is 473. The van der Waals surface area contributed by atoms with Crippen molar-refractivity contribution in [1.29, 1.82) is 0 Å². The average Bonchev–Trinajstić information content (AvgIpc) is 2.81. The molecule has 1 fully saturated rings. The highest BCUT2D eigenvalue weighted by atomic mass is 16.2. The Balaban J connectivity index is 1.85. The molecule has 0 bridgehead atoms. The first kappa shape index (κ1) is 10.3. The second-order valence-corrected chi connectivity index (χ2v) is 4.71. The van der Waals surface area contributed by atoms with Gasteiger partial charge in [-0.05, 0) is 30.9 Å². The van der Waals surface area contributed by atoms with Gasteiger partial charge in [0.15, 0.2) is 0 Å². The van der Waals surface area contributed by atoms with Crippen LogP contribution in [0.1, 0.15) is 18.1 Å². The summed E-state index contributed by atoms with van der Waals surface area (Å²) in [6.07, 6.45) is 1.56. The molecule has 17 heavy (non-hydrogen) atoms. The zero-order chi connectivity index (χ0) is 12.0. The summed E-state index contributed by atoms with van der Waals surface area (Å²) in [6.45, 7) is 1.72. The fourth-order valence-electron chi connectivity index (χ4n) is 2.69. The van der Waals surface area contributed by atoms with Crippen LogP contribution in [0.3, 0.4) is 0 Å². The van der Waals surface area contributed by atoms with E-state index in [0.717, 1.165) is 12.8 Å². The third-order valence-electron chi connectivity index (χ3n) is 3.56. The van der Waals surface area contributed by atoms with Crippen LogP contribution in [0.15, 0.2) is 24.3 Å². The van der Waals surface area contributed by atoms with Gasteiger partial charge in [0, 0.05) is 6.04 Å². The SMILES string of the molecule is CC1NC(=O)N(C2Cc3ccccc3C2)C1=O. The first-order valence-corrected chi connectivity index (χ1v) is 5.87. The lowest BCUT2D eigenvalue weighted by Gasteiger charge is -2.20. The van der Waals surface area contributed by atoms with Gasteiger partial charge >= 0.3 is 6.03 Å². The third kappa shape index (κ3) is 1.52. The van der Waals surface area contributed by atoms with Crippen LogP contribution in [-0.2, 0) is 17.6 Å². The minimum atomic E-state index is -0.383. The highest BCUT2D eigenvalue weighted by Gasteiger charge is 2.41. The molecular weight excluding hydrogens is 216 g/mol. The molecule has 1 heterocycles. The number of benzene rings is 1. The number of hydrogen-bond acceptors (Lipinski definition) is 2. The summed E-state index contributed by atoms with van der Waals surface area (Å²) in [5.41, 5.74) is 2.50. The first-order valence-electron chi connectivity index (χ1n) is 5.87. The summed E-state index contributed by atoms with van der Waals surface area (Å²) in [6, 6.07) is 7.48. The lowest BCUT2D eigenvalue weighted by molar-refractivity contribution is -0.128. The van der Waals surface area contributed by atoms with Crippen LogP contribution in [0.2, 0.25) is 0 Å². The van der Waals surface area contributed by atoms with E-state index in [2.05, 4.69) is 17.4 Å². The van der Waals surface area contributed by atoms with Gasteiger partial charge in [0.25, 0.3) is 5.91 Å². The summed E-state index contributed by atoms with van der Waals surface area (Å²) in [5, 5.41) is 2.66. The van der Waals surface area contributed by atoms with Crippen LogP contribution in [0.25, 0.3) is 0 Å². The maximum atomic E-state index is 11.9. The molecule has 3 rings (SSSR count). The van der Waals surface area contributed by atoms with Crippen LogP contribution in [0.5, 0.6) is 0 Å². The molecule has 1 atom stereocenters. The molecule has 1 aliphatic carbocycles. The quantitative estimate of drug-likeness (QED) is 0.734. The molecule has 0 saturated carbocycles. The van der Waals surface area contributed by atoms with Crippen molar-refractivity contribution < 1.29 is 9.59 Å². The van der Waals surface area contributed by atoms with E-state index in [1.165, 1.54) is 16.0 Å². The van der Waals surface area contributed by atoms with E-state index in [0.29, 0.717) is 0 Å². The number of fused-ring (bicyclic) bond motifs is 1. The topological polar surface area (TPSA) is 49.4 Å². The molecule has 0 spiro atoms. The van der Waals surface area contributed by atoms with Gasteiger partial charge < -0.3 is 5.32 Å². The zero-order valence-corrected chi connectivity index (χ0v) is 9.64. The van der Waals surface area contributed by atoms with E-state index in [4.69, 9.17) is 0 Å². The molecule has 3 amide bonds. The van der Waals surface area contributed by atoms with Gasteiger partial charge in [-0.15, -0.1) is 0 Å². The van der Waals surface area contributed by atoms with Crippen molar-refractivity contribution >= 4 is 11.9 Å². The second kappa shape index (κ2) is 3.58. The molecule has 0 radical (unpaired) electrons. The van der Waals surface area contributed by atoms with E-state index in [1.807, 2.05) is 12.1 Å². The van der Waals surface area contributed by atoms with Crippen molar-refractivity contribution in [3.05, 3.63) is 35.4 Å². The second-order valence-electron chi connectivity index (χ2n) is 4.71. The fourth-order valence-corrected chi connectivity index (χ4v) is 2.69. The van der Waals surface area contributed by atoms with Gasteiger partial charge in [0.2, 0.25) is 0 Å². The number of carbonyl (C=O) groups is 2. The summed E-state index contributed by atoms with van der Waals surface area (Å²) in [5.74, 6) is -0.104. The van der Waals surface area contributed by atoms with E-state index in [9.17, 15) is 9.59 Å². The van der Waals surface area contributed by atoms with Crippen molar-refractivity contribution in [1.82, 2.24) is 10.2 Å². The van der Waals surface area contributed by atoms with E-state index in [-0.39, 0.29) is 24.0 Å². The number of hydrogen-bond donors (Lipinski definition) is 1. The molecule has 4 nitrogen and oxygen atoms in total. The molecule has 1 aromatic carbocycles. The molecule has 2 aliphatic rings. The van der Waals surface area contributed by atoms with Crippen LogP contribution in [-0.4, -0.2) is 28.9 Å². The predicted molar refractivity (Wildman–Crippen MR) is 62.5 cm³/mol. The highest BCUT2D eigenvalue weighted by Crippen LogP contribution is 2.27. The highest BCUT2D eigenvalue weighted by molar-refractivity contribution is 6.04. The standard InChI is InChI=1S/C13H14N2O2/c1-8-12(16)15(13(17)14-8)11-6-9-4-2-3-5-10(9)7-11/h2-5,8,11H,6-7H2,1H3,(H,14,17). The number of imide groups is 1. The van der Waals surface area contributed by atoms with Crippen molar-refractivity contribution in [3.63, 3.8) is 0 Å². The van der Waals surface area contributed by atoms with Gasteiger partial charge in [0.05, 0.1) is 0 Å². The van der Waals surface area contributed by atoms with Gasteiger partial charge in [-0.2, -0.15) is 0 Å². The Kier molecular flexibility index (Phi) is 2.18. The maximum Gasteiger partial charge on any atom is 0.325 e. The number of amides is 3. The fraction of sp³-hybridized carbons (Fsp3) is 0.385. The summed E-state index contributed by atoms with van der Waals surface area (Å²) >= 11 is 0. The minimum absolute atomic E-state index is 0.00940. The van der Waals surface area contributed by atoms with Crippen LogP contribution in [0.4, 0.5) is 4.79 Å². The molecule has 1 saturated heterocycles. The van der Waals surface area contributed by atoms with Crippen molar-refractivity contribution in [3.8, 4) is 0 Å². The van der Waals surface area contributed by atoms with Gasteiger partial charge in [0.1, 0.15) is 6.04 Å². The lowest BCUT2D eigenvalue weighted by Crippen LogP contribution is -2.41. The summed E-state index contributed by atoms with van der Waals surface area (Å²) < 4.78 is 0. The number of urea groups is 1. The summed E-state index contributed by atoms with van der Waals surface area (Å²) in [7, 11) is 0. The van der Waals surface area contributed by atoms with E-state index in [1.54, 1.807) is 6.92 Å². The smallest absolute Gasteiger partial charge is 0.325 e. The number of carbonyl (C=O) groups excluding carboxylic acids is 2. The predicted octanol–water partition coefficient (Wildman–Crippen LogP) is 1.09. The monoisotopic (exact) mass is 230 g/mol. The van der Waals surface area contributed by atoms with Crippen molar-refractivity contribution in [2.24, 2.45) is 0 Å². The average molecular weight is 230 g/mol. The number of rotatable bonds is 1. The van der Waals surface area contributed by atoms with Crippen molar-refractivity contribution in [2.45, 2.75) is 31.8 Å². The maximum absolute atomic E-state index is 11.9. The molecule has 1 aromatic rings. The van der Waals surface area contributed by atoms with E-state index >= 15 is 0 Å². The normalized spacial score (nSPS) is 24.1. The molecule has 0 aromatic heterocycles. The Labute approximate surface area is 99.6 Å². The molecular formula is C13H14N2O2. The molecule has 1 aliphatic heterocycles. The molecule has 1 unspecified atom stereocenters. The van der Waals surface area contributed by atoms with Crippen LogP contribution >= 0.6 is 0 Å². The van der Waals surface area contributed by atoms with Gasteiger partial charge in [-0.25, -0.2) is 4.79 Å². The Morgan fingerprint density at radius 2 is 1.76 bits per heavy atom. The Morgan fingerprint density at radius 1 is 1.18 bits per heavy atom. The molecule has 1 N–H and O–H groups in total. The lowest BCUT2D eigenvalue weighted by atomic mass is 10.1. The van der Waals surface area contributed by atoms with Crippen LogP contribution in [0, 0.1) is 0 Å². The molecule has 4 heteroatoms. The van der Waals surface area contributed by atoms with E-state index < -0.39 is 0 Å². The van der Waals surface area contributed by atoms with Gasteiger partial charge in [-0.3, -0.25) is 9.69 Å². The third-order valence-corrected chi connectivity index (χ3v) is 3.56. The largest absolute Gasteiger partial charge is 0.326 e. The minimum Gasteiger partial charge on any atom is -0.326 e. The molecule has 88 valence electrons.